The number of benzene rings is 14. The first-order valence-corrected chi connectivity index (χ1v) is 62.9. The number of halogens is 4. The van der Waals surface area contributed by atoms with Crippen LogP contribution in [0.25, 0.3) is 11.6 Å². The number of hydrogen-bond donors (Lipinski definition) is 0. The molecule has 148 heavy (non-hydrogen) atoms. The molecule has 9 nitrogen and oxygen atoms in total. The fourth-order valence-electron chi connectivity index (χ4n) is 22.0. The molecule has 3 saturated heterocycles. The third-order valence-corrected chi connectivity index (χ3v) is 33.9. The van der Waals surface area contributed by atoms with E-state index < -0.39 is 27.0 Å². The molecule has 0 bridgehead atoms. The Bertz CT molecular complexity index is 6280. The van der Waals surface area contributed by atoms with Crippen molar-refractivity contribution in [1.29, 1.82) is 0 Å². The molecular weight excluding hydrogens is 2080 g/mol. The zero-order valence-electron chi connectivity index (χ0n) is 90.3. The van der Waals surface area contributed by atoms with E-state index in [9.17, 15) is 0 Å². The molecule has 3 unspecified atom stereocenters. The average Bonchev–Trinajstić information content (AvgIpc) is 1.60. The van der Waals surface area contributed by atoms with Crippen LogP contribution in [0.15, 0.2) is 358 Å². The maximum absolute atomic E-state index is 6.22. The first kappa shape index (κ1) is 114. The number of allylic oxidation sites excluding steroid dienone is 1. The minimum absolute atomic E-state index is 0.0800. The van der Waals surface area contributed by atoms with E-state index in [2.05, 4.69) is 452 Å². The average molecular weight is 2230 g/mol. The van der Waals surface area contributed by atoms with Crippen LogP contribution in [0.3, 0.4) is 0 Å². The van der Waals surface area contributed by atoms with Gasteiger partial charge in [0.05, 0.1) is 14.2 Å². The predicted octanol–water partition coefficient (Wildman–Crippen LogP) is 33.9. The van der Waals surface area contributed by atoms with E-state index >= 15 is 0 Å². The first-order chi connectivity index (χ1) is 71.3. The van der Waals surface area contributed by atoms with Gasteiger partial charge in [-0.25, -0.2) is 19.6 Å². The molecule has 3 aliphatic heterocycles. The number of fused-ring (bicyclic) bond motifs is 1. The number of methoxy groups -OCH3 is 4. The zero-order chi connectivity index (χ0) is 106. The molecule has 0 amide bonds. The van der Waals surface area contributed by atoms with Crippen molar-refractivity contribution in [2.24, 2.45) is 0 Å². The number of hydrogen-bond acceptors (Lipinski definition) is 9. The van der Waals surface area contributed by atoms with Crippen LogP contribution in [0.2, 0.25) is 0 Å². The Morgan fingerprint density at radius 1 is 0.311 bits per heavy atom. The van der Waals surface area contributed by atoms with E-state index in [0.29, 0.717) is 11.5 Å². The Balaban J connectivity index is 0.000000149. The van der Waals surface area contributed by atoms with Gasteiger partial charge in [0.15, 0.2) is 11.5 Å². The number of nitrogens with zero attached hydrogens (tertiary/aromatic N) is 5. The third-order valence-electron chi connectivity index (χ3n) is 29.0. The Kier molecular flexibility index (Phi) is 41.6. The van der Waals surface area contributed by atoms with E-state index in [-0.39, 0.29) is 32.9 Å². The summed E-state index contributed by atoms with van der Waals surface area (Å²) in [6.07, 6.45) is 13.9. The number of anilines is 3. The summed E-state index contributed by atoms with van der Waals surface area (Å²) in [7, 11) is 31.4. The summed E-state index contributed by atoms with van der Waals surface area (Å²) < 4.78 is 25.1. The fourth-order valence-corrected chi connectivity index (χ4v) is 26.3. The van der Waals surface area contributed by atoms with Crippen LogP contribution in [0, 0.1) is 19.6 Å². The van der Waals surface area contributed by atoms with Crippen LogP contribution in [0.1, 0.15) is 234 Å². The van der Waals surface area contributed by atoms with Gasteiger partial charge >= 0.3 is 312 Å². The van der Waals surface area contributed by atoms with Crippen molar-refractivity contribution in [3.05, 3.63) is 489 Å². The van der Waals surface area contributed by atoms with Crippen molar-refractivity contribution >= 4 is 76.2 Å². The number of rotatable bonds is 31. The summed E-state index contributed by atoms with van der Waals surface area (Å²) in [6, 6.07) is 122. The van der Waals surface area contributed by atoms with Crippen LogP contribution in [-0.4, -0.2) is 63.6 Å². The van der Waals surface area contributed by atoms with Crippen molar-refractivity contribution in [2.75, 3.05) is 43.1 Å². The third kappa shape index (κ3) is 29.1. The standard InChI is InChI=1S/C25H27NO2.C24H25NO2.3C23H30N.C15H10.4ClH.2Ru/c1-4-22-15-24(27-2)25(28-3)16-23(22)19-26(17-20-11-7-5-8-12-20)18-21-13-9-6-10-14-21;1-19-14-23(26-2)24(27-3)15-22(19)18-25(16-20-10-6-4-7-11-20)17-21-12-8-5-9-13-21;3*1-6-18-12-11-13-19(7-2)21(18)24-17-23(5,16-22(24,3)4)20-14-9-8-10-15-20;1-2-6-12(7-3-1)15-11-10-13-8-4-5-9-14(13)15;;;;;;/h4-16H,1,17-19H2,2-3H3;1,4-15H,16-18H2,2-3H3;3*8-15,17H,6-7,16H2,1-5H3;1-9,11H;4*1H;;/q;;3*-1;;;;;;2*+2/p-4. The summed E-state index contributed by atoms with van der Waals surface area (Å²) in [4.78, 5) is 12.5. The molecule has 0 N–H and O–H groups in total. The second kappa shape index (κ2) is 53.8. The molecule has 0 spiro atoms. The zero-order valence-corrected chi connectivity index (χ0v) is 96.8. The SMILES string of the molecule is C=Cc1cc(OC)c(OC)cc1CN(Cc1ccccc1)Cc1ccccc1.CCc1cccc(CC)c1N1[CH-]C(C)(c2ccccc2)CC1(C)C.CCc1cccc(CC)c1N1[CH-]C(C)(c2ccccc2)CC1(C)C.CCc1cccc(CC)c1N1[CH-]C(C)(c2ccccc2)CC1(C)C.COc1cc([CH]=[Ru]([Cl])[Cl])c(CN(Cc2ccccc2)Cc2ccccc2)cc1OC.[Cl][Ru]([Cl])=[C]1C=C(c2ccccc2)c2ccccc21. The summed E-state index contributed by atoms with van der Waals surface area (Å²) >= 11 is -3.88. The molecule has 0 saturated carbocycles. The van der Waals surface area contributed by atoms with Gasteiger partial charge in [0, 0.05) is 53.3 Å². The second-order valence-electron chi connectivity index (χ2n) is 41.3. The normalized spacial score (nSPS) is 17.1. The first-order valence-electron chi connectivity index (χ1n) is 52.1. The van der Waals surface area contributed by atoms with E-state index in [1.54, 1.807) is 28.4 Å². The molecule has 14 aromatic rings. The monoisotopic (exact) mass is 2230 g/mol. The molecule has 1 aliphatic carbocycles. The van der Waals surface area contributed by atoms with Crippen molar-refractivity contribution in [2.45, 2.75) is 234 Å². The Labute approximate surface area is 913 Å². The molecule has 15 heteroatoms. The second-order valence-corrected chi connectivity index (χ2v) is 52.8. The number of para-hydroxylation sites is 3. The molecule has 3 fully saturated rings. The Hall–Kier alpha value is -10.8. The van der Waals surface area contributed by atoms with Gasteiger partial charge in [0.25, 0.3) is 0 Å². The van der Waals surface area contributed by atoms with E-state index in [1.165, 1.54) is 117 Å². The molecule has 4 aliphatic rings. The van der Waals surface area contributed by atoms with Crippen LogP contribution >= 0.6 is 38.8 Å². The summed E-state index contributed by atoms with van der Waals surface area (Å²) in [5.41, 5.74) is 32.2. The topological polar surface area (TPSA) is 53.1 Å². The predicted molar refractivity (Wildman–Crippen MR) is 627 cm³/mol. The van der Waals surface area contributed by atoms with Crippen molar-refractivity contribution < 1.29 is 46.0 Å². The van der Waals surface area contributed by atoms with Crippen LogP contribution in [0.5, 0.6) is 23.0 Å². The number of aryl methyl sites for hydroxylation is 6. The minimum atomic E-state index is -2.00. The molecule has 3 atom stereocenters. The van der Waals surface area contributed by atoms with Crippen LogP contribution in [-0.2, 0) is 121 Å². The Morgan fingerprint density at radius 3 is 0.838 bits per heavy atom. The fraction of sp³-hybridized carbons (Fsp3) is 0.301. The molecule has 0 aromatic heterocycles. The van der Waals surface area contributed by atoms with Gasteiger partial charge in [-0.15, -0.1) is 16.2 Å². The molecule has 3 heterocycles. The van der Waals surface area contributed by atoms with E-state index in [1.807, 2.05) is 65.3 Å². The summed E-state index contributed by atoms with van der Waals surface area (Å²) in [6.45, 7) is 51.3. The van der Waals surface area contributed by atoms with Crippen LogP contribution in [0.4, 0.5) is 17.1 Å². The van der Waals surface area contributed by atoms with E-state index in [0.717, 1.165) is 129 Å². The molecule has 18 rings (SSSR count). The van der Waals surface area contributed by atoms with Crippen molar-refractivity contribution in [3.63, 3.8) is 0 Å². The molecule has 14 aromatic carbocycles. The summed E-state index contributed by atoms with van der Waals surface area (Å²) in [5.74, 6) is 2.84. The maximum atomic E-state index is 6.22. The van der Waals surface area contributed by atoms with Gasteiger partial charge in [-0.05, 0) is 167 Å². The summed E-state index contributed by atoms with van der Waals surface area (Å²) in [5, 5.41) is 0. The van der Waals surface area contributed by atoms with Gasteiger partial charge in [-0.3, -0.25) is 4.90 Å². The van der Waals surface area contributed by atoms with Gasteiger partial charge in [0.1, 0.15) is 0 Å². The van der Waals surface area contributed by atoms with Gasteiger partial charge < -0.3 is 24.2 Å². The van der Waals surface area contributed by atoms with E-state index in [4.69, 9.17) is 57.7 Å². The molecule has 0 radical (unpaired) electrons. The molecule has 780 valence electrons. The molecular formula is C133H152Cl4N5O4Ru2-3. The van der Waals surface area contributed by atoms with Gasteiger partial charge in [-0.1, -0.05) is 298 Å². The number of ether oxygens (including phenoxy) is 4. The van der Waals surface area contributed by atoms with Crippen molar-refractivity contribution in [1.82, 2.24) is 9.80 Å². The Morgan fingerprint density at radius 2 is 0.568 bits per heavy atom. The van der Waals surface area contributed by atoms with Gasteiger partial charge in [-0.2, -0.15) is 0 Å². The quantitative estimate of drug-likeness (QED) is 0.0312. The van der Waals surface area contributed by atoms with Gasteiger partial charge in [0.2, 0.25) is 0 Å². The van der Waals surface area contributed by atoms with Crippen molar-refractivity contribution in [3.8, 4) is 23.0 Å². The van der Waals surface area contributed by atoms with Crippen LogP contribution < -0.4 is 33.6 Å².